The third kappa shape index (κ3) is 5.57. The normalized spacial score (nSPS) is 12.5. The second kappa shape index (κ2) is 6.56. The molecule has 0 fully saturated rings. The summed E-state index contributed by atoms with van der Waals surface area (Å²) in [5.74, 6) is 2.30. The van der Waals surface area contributed by atoms with Crippen molar-refractivity contribution >= 4 is 0 Å². The lowest BCUT2D eigenvalue weighted by Crippen LogP contribution is -2.19. The number of rotatable bonds is 5. The van der Waals surface area contributed by atoms with Gasteiger partial charge in [-0.1, -0.05) is 5.92 Å². The fourth-order valence-electron chi connectivity index (χ4n) is 0.530. The van der Waals surface area contributed by atoms with Crippen LogP contribution >= 0.6 is 0 Å². The number of aliphatic hydroxyl groups excluding tert-OH is 1. The van der Waals surface area contributed by atoms with Crippen molar-refractivity contribution in [1.29, 1.82) is 0 Å². The van der Waals surface area contributed by atoms with Crippen molar-refractivity contribution in [2.45, 2.75) is 12.5 Å². The first-order valence-electron chi connectivity index (χ1n) is 3.20. The van der Waals surface area contributed by atoms with Crippen molar-refractivity contribution in [3.63, 3.8) is 0 Å². The van der Waals surface area contributed by atoms with E-state index in [9.17, 15) is 0 Å². The highest BCUT2D eigenvalue weighted by molar-refractivity contribution is 4.82. The van der Waals surface area contributed by atoms with Gasteiger partial charge in [0.05, 0.1) is 12.7 Å². The fourth-order valence-corrected chi connectivity index (χ4v) is 0.530. The van der Waals surface area contributed by atoms with Crippen molar-refractivity contribution in [1.82, 2.24) is 0 Å². The third-order valence-electron chi connectivity index (χ3n) is 0.996. The van der Waals surface area contributed by atoms with Crippen molar-refractivity contribution in [2.24, 2.45) is 5.73 Å². The number of ether oxygens (including phenoxy) is 1. The number of aliphatic hydroxyl groups is 1. The summed E-state index contributed by atoms with van der Waals surface area (Å²) < 4.78 is 4.86. The molecule has 0 aromatic heterocycles. The fraction of sp³-hybridized carbons (Fsp3) is 0.714. The zero-order valence-corrected chi connectivity index (χ0v) is 5.92. The van der Waals surface area contributed by atoms with Gasteiger partial charge in [0.2, 0.25) is 0 Å². The minimum atomic E-state index is -0.474. The van der Waals surface area contributed by atoms with Gasteiger partial charge in [0, 0.05) is 0 Å². The zero-order valence-electron chi connectivity index (χ0n) is 5.92. The second-order valence-electron chi connectivity index (χ2n) is 1.95. The van der Waals surface area contributed by atoms with Crippen LogP contribution in [0.2, 0.25) is 0 Å². The molecule has 0 spiro atoms. The van der Waals surface area contributed by atoms with E-state index in [1.54, 1.807) is 0 Å². The Labute approximate surface area is 61.2 Å². The highest BCUT2D eigenvalue weighted by Gasteiger charge is 2.00. The van der Waals surface area contributed by atoms with Crippen molar-refractivity contribution in [2.75, 3.05) is 19.8 Å². The van der Waals surface area contributed by atoms with E-state index in [2.05, 4.69) is 5.92 Å². The number of hydrogen-bond acceptors (Lipinski definition) is 3. The Balaban J connectivity index is 3.06. The van der Waals surface area contributed by atoms with Gasteiger partial charge in [0.25, 0.3) is 0 Å². The van der Waals surface area contributed by atoms with Gasteiger partial charge in [-0.15, -0.1) is 6.42 Å². The molecule has 0 heterocycles. The van der Waals surface area contributed by atoms with Crippen LogP contribution in [0.5, 0.6) is 0 Å². The van der Waals surface area contributed by atoms with Gasteiger partial charge in [0.15, 0.2) is 0 Å². The van der Waals surface area contributed by atoms with Gasteiger partial charge in [-0.3, -0.25) is 0 Å². The molecule has 0 bridgehead atoms. The lowest BCUT2D eigenvalue weighted by molar-refractivity contribution is 0.0480. The predicted octanol–water partition coefficient (Wildman–Crippen LogP) is -0.654. The Kier molecular flexibility index (Phi) is 6.19. The monoisotopic (exact) mass is 143 g/mol. The molecule has 1 atom stereocenters. The standard InChI is InChI=1S/C7H13NO2/c1-2-5-10-6-7(9)3-4-8/h1,7,9H,3-6,8H2. The molecule has 1 unspecified atom stereocenters. The maximum atomic E-state index is 9.00. The van der Waals surface area contributed by atoms with Crippen LogP contribution in [0.1, 0.15) is 6.42 Å². The molecule has 3 nitrogen and oxygen atoms in total. The number of terminal acetylenes is 1. The summed E-state index contributed by atoms with van der Waals surface area (Å²) >= 11 is 0. The molecule has 0 rings (SSSR count). The van der Waals surface area contributed by atoms with Crippen LogP contribution in [-0.4, -0.2) is 31.0 Å². The quantitative estimate of drug-likeness (QED) is 0.397. The van der Waals surface area contributed by atoms with E-state index in [-0.39, 0.29) is 13.2 Å². The van der Waals surface area contributed by atoms with Gasteiger partial charge in [-0.25, -0.2) is 0 Å². The van der Waals surface area contributed by atoms with Crippen LogP contribution in [0, 0.1) is 12.3 Å². The number of nitrogens with two attached hydrogens (primary N) is 1. The first-order valence-corrected chi connectivity index (χ1v) is 3.20. The van der Waals surface area contributed by atoms with Crippen LogP contribution in [0.25, 0.3) is 0 Å². The van der Waals surface area contributed by atoms with Gasteiger partial charge in [0.1, 0.15) is 6.61 Å². The Morgan fingerprint density at radius 2 is 2.40 bits per heavy atom. The second-order valence-corrected chi connectivity index (χ2v) is 1.95. The molecule has 0 aromatic rings. The Morgan fingerprint density at radius 3 is 2.90 bits per heavy atom. The SMILES string of the molecule is C#CCOCC(O)CCN. The van der Waals surface area contributed by atoms with E-state index in [1.165, 1.54) is 0 Å². The first-order chi connectivity index (χ1) is 4.81. The minimum absolute atomic E-state index is 0.252. The van der Waals surface area contributed by atoms with E-state index < -0.39 is 6.10 Å². The van der Waals surface area contributed by atoms with Gasteiger partial charge in [-0.2, -0.15) is 0 Å². The molecule has 10 heavy (non-hydrogen) atoms. The average Bonchev–Trinajstić information content (AvgIpc) is 1.89. The van der Waals surface area contributed by atoms with Crippen LogP contribution in [0.4, 0.5) is 0 Å². The first kappa shape index (κ1) is 9.44. The van der Waals surface area contributed by atoms with E-state index >= 15 is 0 Å². The largest absolute Gasteiger partial charge is 0.391 e. The molecule has 58 valence electrons. The van der Waals surface area contributed by atoms with Crippen molar-refractivity contribution in [3.8, 4) is 12.3 Å². The minimum Gasteiger partial charge on any atom is -0.391 e. The van der Waals surface area contributed by atoms with Crippen LogP contribution in [0.15, 0.2) is 0 Å². The van der Waals surface area contributed by atoms with Crippen molar-refractivity contribution < 1.29 is 9.84 Å². The maximum absolute atomic E-state index is 9.00. The van der Waals surface area contributed by atoms with Crippen LogP contribution in [0.3, 0.4) is 0 Å². The summed E-state index contributed by atoms with van der Waals surface area (Å²) in [6.07, 6.45) is 4.99. The highest BCUT2D eigenvalue weighted by atomic mass is 16.5. The molecule has 0 saturated heterocycles. The van der Waals surface area contributed by atoms with Crippen LogP contribution in [-0.2, 0) is 4.74 Å². The maximum Gasteiger partial charge on any atom is 0.107 e. The molecule has 0 amide bonds. The molecule has 3 N–H and O–H groups in total. The molecule has 0 aliphatic heterocycles. The van der Waals surface area contributed by atoms with Crippen LogP contribution < -0.4 is 5.73 Å². The zero-order chi connectivity index (χ0) is 7.82. The highest BCUT2D eigenvalue weighted by Crippen LogP contribution is 1.89. The Morgan fingerprint density at radius 1 is 1.70 bits per heavy atom. The van der Waals surface area contributed by atoms with E-state index in [0.29, 0.717) is 13.0 Å². The molecule has 0 saturated carbocycles. The summed E-state index contributed by atoms with van der Waals surface area (Å²) in [4.78, 5) is 0. The van der Waals surface area contributed by atoms with E-state index in [1.807, 2.05) is 0 Å². The Hall–Kier alpha value is -0.560. The number of hydrogen-bond donors (Lipinski definition) is 2. The molecular weight excluding hydrogens is 130 g/mol. The predicted molar refractivity (Wildman–Crippen MR) is 39.3 cm³/mol. The molecule has 0 radical (unpaired) electrons. The third-order valence-corrected chi connectivity index (χ3v) is 0.996. The lowest BCUT2D eigenvalue weighted by atomic mass is 10.3. The van der Waals surface area contributed by atoms with Gasteiger partial charge >= 0.3 is 0 Å². The van der Waals surface area contributed by atoms with Gasteiger partial charge in [-0.05, 0) is 13.0 Å². The molecular formula is C7H13NO2. The molecule has 0 aliphatic carbocycles. The smallest absolute Gasteiger partial charge is 0.107 e. The summed E-state index contributed by atoms with van der Waals surface area (Å²) in [6, 6.07) is 0. The lowest BCUT2D eigenvalue weighted by Gasteiger charge is -2.06. The van der Waals surface area contributed by atoms with Gasteiger partial charge < -0.3 is 15.6 Å². The van der Waals surface area contributed by atoms with E-state index in [4.69, 9.17) is 22.0 Å². The van der Waals surface area contributed by atoms with E-state index in [0.717, 1.165) is 0 Å². The summed E-state index contributed by atoms with van der Waals surface area (Å²) in [5, 5.41) is 9.00. The van der Waals surface area contributed by atoms with Crippen molar-refractivity contribution in [3.05, 3.63) is 0 Å². The summed E-state index contributed by atoms with van der Waals surface area (Å²) in [5.41, 5.74) is 5.18. The molecule has 0 aliphatic rings. The average molecular weight is 143 g/mol. The molecule has 0 aromatic carbocycles. The Bertz CT molecular complexity index is 109. The molecule has 3 heteroatoms. The topological polar surface area (TPSA) is 55.5 Å². The summed E-state index contributed by atoms with van der Waals surface area (Å²) in [7, 11) is 0. The summed E-state index contributed by atoms with van der Waals surface area (Å²) in [6.45, 7) is 1.00.